The molecule has 32 heavy (non-hydrogen) atoms. The van der Waals surface area contributed by atoms with Crippen molar-refractivity contribution >= 4 is 34.2 Å². The zero-order valence-electron chi connectivity index (χ0n) is 18.3. The van der Waals surface area contributed by atoms with Crippen LogP contribution in [-0.2, 0) is 10.3 Å². The molecule has 2 aromatic heterocycles. The van der Waals surface area contributed by atoms with Gasteiger partial charge in [0.05, 0.1) is 11.1 Å². The van der Waals surface area contributed by atoms with Gasteiger partial charge in [-0.3, -0.25) is 4.79 Å². The lowest BCUT2D eigenvalue weighted by molar-refractivity contribution is -0.121. The Kier molecular flexibility index (Phi) is 5.71. The lowest BCUT2D eigenvalue weighted by Gasteiger charge is -2.39. The Labute approximate surface area is 192 Å². The largest absolute Gasteiger partial charge is 0.357 e. The topological polar surface area (TPSA) is 99.7 Å². The van der Waals surface area contributed by atoms with Gasteiger partial charge in [-0.15, -0.1) is 5.10 Å². The Balaban J connectivity index is 1.46. The molecule has 0 radical (unpaired) electrons. The minimum absolute atomic E-state index is 0.0191. The molecule has 3 heterocycles. The van der Waals surface area contributed by atoms with Crippen LogP contribution >= 0.6 is 11.6 Å². The molecular formula is C23H28ClN7O. The number of pyridine rings is 1. The van der Waals surface area contributed by atoms with Crippen molar-refractivity contribution in [2.24, 2.45) is 0 Å². The van der Waals surface area contributed by atoms with E-state index in [-0.39, 0.29) is 5.91 Å². The van der Waals surface area contributed by atoms with Gasteiger partial charge in [0.25, 0.3) is 0 Å². The smallest absolute Gasteiger partial charge is 0.217 e. The first-order valence-electron chi connectivity index (χ1n) is 11.4. The van der Waals surface area contributed by atoms with Crippen LogP contribution in [0.25, 0.3) is 10.9 Å². The third-order valence-electron chi connectivity index (χ3n) is 6.97. The van der Waals surface area contributed by atoms with E-state index in [2.05, 4.69) is 43.0 Å². The van der Waals surface area contributed by atoms with E-state index < -0.39 is 5.54 Å². The number of halogens is 1. The molecule has 1 amide bonds. The summed E-state index contributed by atoms with van der Waals surface area (Å²) in [5.41, 5.74) is 1.51. The van der Waals surface area contributed by atoms with Crippen LogP contribution in [0.4, 0.5) is 5.82 Å². The Bertz CT molecular complexity index is 1100. The third kappa shape index (κ3) is 3.92. The number of nitrogens with one attached hydrogen (secondary N) is 2. The van der Waals surface area contributed by atoms with Crippen molar-refractivity contribution in [2.45, 2.75) is 63.3 Å². The molecule has 0 bridgehead atoms. The predicted octanol–water partition coefficient (Wildman–Crippen LogP) is 4.08. The number of carbonyl (C=O) groups excluding carboxylic acids is 1. The summed E-state index contributed by atoms with van der Waals surface area (Å²) in [5, 5.41) is 19.4. The molecule has 9 heteroatoms. The molecule has 168 valence electrons. The molecule has 8 nitrogen and oxygen atoms in total. The molecule has 1 aliphatic carbocycles. The number of tetrazole rings is 1. The van der Waals surface area contributed by atoms with Crippen molar-refractivity contribution in [3.8, 4) is 0 Å². The zero-order chi connectivity index (χ0) is 22.1. The number of aromatic amines is 1. The van der Waals surface area contributed by atoms with Crippen molar-refractivity contribution in [3.63, 3.8) is 0 Å². The molecule has 1 aliphatic heterocycles. The van der Waals surface area contributed by atoms with Crippen molar-refractivity contribution in [3.05, 3.63) is 40.7 Å². The Morgan fingerprint density at radius 3 is 2.62 bits per heavy atom. The average Bonchev–Trinajstić information content (AvgIpc) is 3.34. The number of piperidine rings is 1. The summed E-state index contributed by atoms with van der Waals surface area (Å²) in [4.78, 5) is 19.4. The van der Waals surface area contributed by atoms with Crippen molar-refractivity contribution in [2.75, 3.05) is 18.0 Å². The van der Waals surface area contributed by atoms with Gasteiger partial charge >= 0.3 is 0 Å². The number of H-pyrrole nitrogens is 1. The van der Waals surface area contributed by atoms with Crippen LogP contribution in [0.2, 0.25) is 5.02 Å². The standard InChI is InChI=1S/C23H28ClN7O/c1-15(32)26-23(11-3-2-4-12-23)21-17-5-8-20(25-19(17)7-6-18(21)24)31-13-9-16(10-14-31)22-27-29-30-28-22/h5-8,16H,2-4,9-14H2,1H3,(H,26,32)(H,27,28,29,30). The number of fused-ring (bicyclic) bond motifs is 1. The minimum atomic E-state index is -0.423. The summed E-state index contributed by atoms with van der Waals surface area (Å²) < 4.78 is 0. The number of amides is 1. The number of rotatable bonds is 4. The highest BCUT2D eigenvalue weighted by Crippen LogP contribution is 2.44. The third-order valence-corrected chi connectivity index (χ3v) is 7.29. The number of hydrogen-bond acceptors (Lipinski definition) is 6. The van der Waals surface area contributed by atoms with E-state index >= 15 is 0 Å². The van der Waals surface area contributed by atoms with Crippen molar-refractivity contribution in [1.82, 2.24) is 30.9 Å². The maximum atomic E-state index is 12.1. The number of aromatic nitrogens is 5. The summed E-state index contributed by atoms with van der Waals surface area (Å²) in [7, 11) is 0. The number of carbonyl (C=O) groups is 1. The molecule has 1 aromatic carbocycles. The highest BCUT2D eigenvalue weighted by atomic mass is 35.5. The molecule has 5 rings (SSSR count). The second-order valence-electron chi connectivity index (χ2n) is 9.03. The van der Waals surface area contributed by atoms with Crippen molar-refractivity contribution in [1.29, 1.82) is 0 Å². The van der Waals surface area contributed by atoms with Gasteiger partial charge in [0.15, 0.2) is 5.82 Å². The summed E-state index contributed by atoms with van der Waals surface area (Å²) in [6.07, 6.45) is 7.10. The first-order chi connectivity index (χ1) is 15.6. The molecule has 0 atom stereocenters. The first kappa shape index (κ1) is 21.1. The SMILES string of the molecule is CC(=O)NC1(c2c(Cl)ccc3nc(N4CCC(c5nnn[nH]5)CC4)ccc23)CCCCC1. The normalized spacial score (nSPS) is 19.2. The molecule has 2 fully saturated rings. The van der Waals surface area contributed by atoms with Crippen LogP contribution < -0.4 is 10.2 Å². The van der Waals surface area contributed by atoms with E-state index in [0.717, 1.165) is 79.7 Å². The van der Waals surface area contributed by atoms with Gasteiger partial charge < -0.3 is 10.2 Å². The van der Waals surface area contributed by atoms with Crippen LogP contribution in [0.3, 0.4) is 0 Å². The molecule has 1 saturated carbocycles. The van der Waals surface area contributed by atoms with E-state index in [1.165, 1.54) is 6.42 Å². The van der Waals surface area contributed by atoms with E-state index in [9.17, 15) is 4.79 Å². The van der Waals surface area contributed by atoms with Gasteiger partial charge in [0.1, 0.15) is 5.82 Å². The van der Waals surface area contributed by atoms with Gasteiger partial charge in [-0.05, 0) is 60.4 Å². The predicted molar refractivity (Wildman–Crippen MR) is 124 cm³/mol. The van der Waals surface area contributed by atoms with Gasteiger partial charge in [-0.25, -0.2) is 10.1 Å². The maximum absolute atomic E-state index is 12.1. The van der Waals surface area contributed by atoms with Crippen LogP contribution in [0.1, 0.15) is 69.2 Å². The van der Waals surface area contributed by atoms with Gasteiger partial charge in [0.2, 0.25) is 5.91 Å². The summed E-state index contributed by atoms with van der Waals surface area (Å²) in [6.45, 7) is 3.39. The second kappa shape index (κ2) is 8.65. The monoisotopic (exact) mass is 453 g/mol. The average molecular weight is 454 g/mol. The molecule has 2 N–H and O–H groups in total. The minimum Gasteiger partial charge on any atom is -0.357 e. The summed E-state index contributed by atoms with van der Waals surface area (Å²) >= 11 is 6.75. The summed E-state index contributed by atoms with van der Waals surface area (Å²) in [6, 6.07) is 8.13. The number of nitrogens with zero attached hydrogens (tertiary/aromatic N) is 5. The van der Waals surface area contributed by atoms with Crippen molar-refractivity contribution < 1.29 is 4.79 Å². The van der Waals surface area contributed by atoms with E-state index in [1.54, 1.807) is 6.92 Å². The first-order valence-corrected chi connectivity index (χ1v) is 11.8. The molecular weight excluding hydrogens is 426 g/mol. The van der Waals surface area contributed by atoms with Gasteiger partial charge in [0, 0.05) is 41.9 Å². The molecule has 0 spiro atoms. The molecule has 1 saturated heterocycles. The molecule has 3 aromatic rings. The highest BCUT2D eigenvalue weighted by molar-refractivity contribution is 6.32. The fourth-order valence-electron chi connectivity index (χ4n) is 5.48. The number of hydrogen-bond donors (Lipinski definition) is 2. The molecule has 0 unspecified atom stereocenters. The fourth-order valence-corrected chi connectivity index (χ4v) is 5.83. The zero-order valence-corrected chi connectivity index (χ0v) is 19.0. The van der Waals surface area contributed by atoms with Gasteiger partial charge in [-0.1, -0.05) is 30.9 Å². The van der Waals surface area contributed by atoms with Gasteiger partial charge in [-0.2, -0.15) is 0 Å². The van der Waals surface area contributed by atoms with E-state index in [1.807, 2.05) is 12.1 Å². The number of anilines is 1. The highest BCUT2D eigenvalue weighted by Gasteiger charge is 2.38. The van der Waals surface area contributed by atoms with E-state index in [0.29, 0.717) is 10.9 Å². The van der Waals surface area contributed by atoms with Crippen LogP contribution in [0, 0.1) is 0 Å². The number of benzene rings is 1. The lowest BCUT2D eigenvalue weighted by Crippen LogP contribution is -2.46. The molecule has 2 aliphatic rings. The Hall–Kier alpha value is -2.74. The van der Waals surface area contributed by atoms with Crippen LogP contribution in [-0.4, -0.2) is 44.6 Å². The second-order valence-corrected chi connectivity index (χ2v) is 9.44. The summed E-state index contributed by atoms with van der Waals surface area (Å²) in [5.74, 6) is 2.17. The van der Waals surface area contributed by atoms with Crippen LogP contribution in [0.5, 0.6) is 0 Å². The Morgan fingerprint density at radius 2 is 1.94 bits per heavy atom. The van der Waals surface area contributed by atoms with E-state index in [4.69, 9.17) is 16.6 Å². The quantitative estimate of drug-likeness (QED) is 0.617. The lowest BCUT2D eigenvalue weighted by atomic mass is 9.75. The fraction of sp³-hybridized carbons (Fsp3) is 0.522. The Morgan fingerprint density at radius 1 is 1.16 bits per heavy atom. The van der Waals surface area contributed by atoms with Crippen LogP contribution in [0.15, 0.2) is 24.3 Å². The maximum Gasteiger partial charge on any atom is 0.217 e.